The largest absolute Gasteiger partial charge is 0.460 e. The lowest BCUT2D eigenvalue weighted by Gasteiger charge is -2.09. The van der Waals surface area contributed by atoms with Gasteiger partial charge in [-0.3, -0.25) is 0 Å². The number of rotatable bonds is 19. The molecule has 0 aromatic heterocycles. The molecular weight excluding hydrogens is 378 g/mol. The molecule has 28 heavy (non-hydrogen) atoms. The van der Waals surface area contributed by atoms with Crippen molar-refractivity contribution < 1.29 is 47.5 Å². The minimum Gasteiger partial charge on any atom is -0.460 e. The van der Waals surface area contributed by atoms with Crippen molar-refractivity contribution in [2.75, 3.05) is 92.9 Å². The Hall–Kier alpha value is -1.50. The SMILES string of the molecule is COCCOCCOCCOCCOCCOCC(=O)OC[C@@H]1CNC(=O)O1. The van der Waals surface area contributed by atoms with Crippen molar-refractivity contribution in [1.82, 2.24) is 5.32 Å². The van der Waals surface area contributed by atoms with Crippen LogP contribution in [0.25, 0.3) is 0 Å². The third kappa shape index (κ3) is 14.5. The molecule has 164 valence electrons. The quantitative estimate of drug-likeness (QED) is 0.218. The maximum atomic E-state index is 11.4. The van der Waals surface area contributed by atoms with Crippen LogP contribution in [0.5, 0.6) is 0 Å². The number of nitrogens with one attached hydrogen (secondary N) is 1. The van der Waals surface area contributed by atoms with E-state index in [4.69, 9.17) is 37.9 Å². The number of amides is 1. The fraction of sp³-hybridized carbons (Fsp3) is 0.882. The molecule has 1 saturated heterocycles. The standard InChI is InChI=1S/C17H31NO10/c1-21-2-3-22-4-5-23-6-7-24-8-9-25-10-11-26-14-16(19)27-13-15-12-18-17(20)28-15/h15H,2-14H2,1H3,(H,18,20)/t15-/m0/s1. The van der Waals surface area contributed by atoms with Gasteiger partial charge in [0.1, 0.15) is 13.2 Å². The van der Waals surface area contributed by atoms with Gasteiger partial charge < -0.3 is 43.2 Å². The molecule has 1 N–H and O–H groups in total. The number of cyclic esters (lactones) is 1. The second-order valence-corrected chi connectivity index (χ2v) is 5.59. The first kappa shape index (κ1) is 24.5. The molecule has 1 amide bonds. The van der Waals surface area contributed by atoms with Gasteiger partial charge in [-0.2, -0.15) is 0 Å². The van der Waals surface area contributed by atoms with E-state index in [1.54, 1.807) is 7.11 Å². The number of carbonyl (C=O) groups is 2. The highest BCUT2D eigenvalue weighted by atomic mass is 16.6. The predicted molar refractivity (Wildman–Crippen MR) is 95.2 cm³/mol. The summed E-state index contributed by atoms with van der Waals surface area (Å²) in [5, 5.41) is 2.47. The molecule has 1 heterocycles. The second-order valence-electron chi connectivity index (χ2n) is 5.59. The monoisotopic (exact) mass is 409 g/mol. The molecule has 0 saturated carbocycles. The van der Waals surface area contributed by atoms with Gasteiger partial charge in [-0.1, -0.05) is 0 Å². The van der Waals surface area contributed by atoms with Gasteiger partial charge in [0.15, 0.2) is 6.10 Å². The first-order chi connectivity index (χ1) is 13.7. The van der Waals surface area contributed by atoms with Crippen molar-refractivity contribution in [3.8, 4) is 0 Å². The van der Waals surface area contributed by atoms with Gasteiger partial charge in [-0.25, -0.2) is 9.59 Å². The Bertz CT molecular complexity index is 409. The summed E-state index contributed by atoms with van der Waals surface area (Å²) in [6.45, 7) is 4.82. The van der Waals surface area contributed by atoms with Gasteiger partial charge in [0.2, 0.25) is 0 Å². The smallest absolute Gasteiger partial charge is 0.407 e. The fourth-order valence-corrected chi connectivity index (χ4v) is 1.93. The Balaban J connectivity index is 1.72. The van der Waals surface area contributed by atoms with Gasteiger partial charge in [0.05, 0.1) is 72.6 Å². The van der Waals surface area contributed by atoms with E-state index in [0.717, 1.165) is 0 Å². The topological polar surface area (TPSA) is 120 Å². The van der Waals surface area contributed by atoms with Crippen molar-refractivity contribution >= 4 is 12.1 Å². The Morgan fingerprint density at radius 1 is 0.893 bits per heavy atom. The van der Waals surface area contributed by atoms with Gasteiger partial charge >= 0.3 is 12.1 Å². The highest BCUT2D eigenvalue weighted by Crippen LogP contribution is 2.00. The van der Waals surface area contributed by atoms with Gasteiger partial charge in [-0.05, 0) is 0 Å². The summed E-state index contributed by atoms with van der Waals surface area (Å²) < 4.78 is 41.0. The lowest BCUT2D eigenvalue weighted by Crippen LogP contribution is -2.24. The summed E-state index contributed by atoms with van der Waals surface area (Å²) in [5.41, 5.74) is 0. The van der Waals surface area contributed by atoms with Crippen LogP contribution < -0.4 is 5.32 Å². The van der Waals surface area contributed by atoms with Crippen LogP contribution in [0.2, 0.25) is 0 Å². The fourth-order valence-electron chi connectivity index (χ4n) is 1.93. The van der Waals surface area contributed by atoms with E-state index in [2.05, 4.69) is 5.32 Å². The third-order valence-corrected chi connectivity index (χ3v) is 3.32. The van der Waals surface area contributed by atoms with E-state index in [-0.39, 0.29) is 19.8 Å². The number of hydrogen-bond acceptors (Lipinski definition) is 10. The molecule has 0 aliphatic carbocycles. The summed E-state index contributed by atoms with van der Waals surface area (Å²) in [6, 6.07) is 0. The molecular formula is C17H31NO10. The molecule has 1 fully saturated rings. The molecule has 1 rings (SSSR count). The van der Waals surface area contributed by atoms with Crippen LogP contribution >= 0.6 is 0 Å². The third-order valence-electron chi connectivity index (χ3n) is 3.32. The molecule has 0 radical (unpaired) electrons. The van der Waals surface area contributed by atoms with E-state index in [9.17, 15) is 9.59 Å². The summed E-state index contributed by atoms with van der Waals surface area (Å²) in [5.74, 6) is -0.518. The van der Waals surface area contributed by atoms with E-state index in [1.165, 1.54) is 0 Å². The minimum absolute atomic E-state index is 0.0132. The van der Waals surface area contributed by atoms with Gasteiger partial charge in [0.25, 0.3) is 0 Å². The number of hydrogen-bond donors (Lipinski definition) is 1. The van der Waals surface area contributed by atoms with E-state index >= 15 is 0 Å². The normalized spacial score (nSPS) is 16.0. The molecule has 1 atom stereocenters. The molecule has 0 aromatic carbocycles. The zero-order chi connectivity index (χ0) is 20.3. The summed E-state index contributed by atoms with van der Waals surface area (Å²) in [6.07, 6.45) is -0.950. The Morgan fingerprint density at radius 2 is 1.39 bits per heavy atom. The van der Waals surface area contributed by atoms with Crippen LogP contribution in [0, 0.1) is 0 Å². The summed E-state index contributed by atoms with van der Waals surface area (Å²) in [7, 11) is 1.63. The highest BCUT2D eigenvalue weighted by molar-refractivity contribution is 5.71. The van der Waals surface area contributed by atoms with E-state index in [0.29, 0.717) is 66.0 Å². The zero-order valence-corrected chi connectivity index (χ0v) is 16.4. The molecule has 11 nitrogen and oxygen atoms in total. The minimum atomic E-state index is -0.518. The lowest BCUT2D eigenvalue weighted by atomic mass is 10.4. The highest BCUT2D eigenvalue weighted by Gasteiger charge is 2.23. The van der Waals surface area contributed by atoms with Crippen molar-refractivity contribution in [1.29, 1.82) is 0 Å². The van der Waals surface area contributed by atoms with Crippen LogP contribution in [0.4, 0.5) is 4.79 Å². The van der Waals surface area contributed by atoms with Crippen molar-refractivity contribution in [2.45, 2.75) is 6.10 Å². The average Bonchev–Trinajstić information content (AvgIpc) is 3.11. The number of esters is 1. The zero-order valence-electron chi connectivity index (χ0n) is 16.4. The number of carbonyl (C=O) groups excluding carboxylic acids is 2. The summed E-state index contributed by atoms with van der Waals surface area (Å²) in [4.78, 5) is 22.2. The van der Waals surface area contributed by atoms with Crippen LogP contribution in [0.1, 0.15) is 0 Å². The lowest BCUT2D eigenvalue weighted by molar-refractivity contribution is -0.151. The number of alkyl carbamates (subject to hydrolysis) is 1. The van der Waals surface area contributed by atoms with E-state index in [1.807, 2.05) is 0 Å². The van der Waals surface area contributed by atoms with Crippen LogP contribution in [-0.4, -0.2) is 111 Å². The van der Waals surface area contributed by atoms with Gasteiger partial charge in [0, 0.05) is 7.11 Å². The Morgan fingerprint density at radius 3 is 1.86 bits per heavy atom. The Labute approximate surface area is 164 Å². The van der Waals surface area contributed by atoms with Gasteiger partial charge in [-0.15, -0.1) is 0 Å². The van der Waals surface area contributed by atoms with Crippen molar-refractivity contribution in [2.24, 2.45) is 0 Å². The molecule has 0 spiro atoms. The Kier molecular flexibility index (Phi) is 15.4. The van der Waals surface area contributed by atoms with Crippen molar-refractivity contribution in [3.63, 3.8) is 0 Å². The maximum Gasteiger partial charge on any atom is 0.407 e. The van der Waals surface area contributed by atoms with Crippen LogP contribution in [0.15, 0.2) is 0 Å². The molecule has 1 aliphatic rings. The second kappa shape index (κ2) is 17.6. The molecule has 1 aliphatic heterocycles. The predicted octanol–water partition coefficient (Wildman–Crippen LogP) is -0.633. The van der Waals surface area contributed by atoms with Crippen LogP contribution in [-0.2, 0) is 42.7 Å². The molecule has 0 bridgehead atoms. The van der Waals surface area contributed by atoms with E-state index < -0.39 is 18.2 Å². The molecule has 0 aromatic rings. The van der Waals surface area contributed by atoms with Crippen molar-refractivity contribution in [3.05, 3.63) is 0 Å². The summed E-state index contributed by atoms with van der Waals surface area (Å²) >= 11 is 0. The maximum absolute atomic E-state index is 11.4. The number of ether oxygens (including phenoxy) is 8. The first-order valence-corrected chi connectivity index (χ1v) is 9.20. The molecule has 11 heteroatoms. The number of methoxy groups -OCH3 is 1. The molecule has 0 unspecified atom stereocenters. The first-order valence-electron chi connectivity index (χ1n) is 9.20. The van der Waals surface area contributed by atoms with Crippen LogP contribution in [0.3, 0.4) is 0 Å². The average molecular weight is 409 g/mol.